The smallest absolute Gasteiger partial charge is 0.417 e. The lowest BCUT2D eigenvalue weighted by atomic mass is 9.92. The molecular formula is C34H33FN6O6S. The van der Waals surface area contributed by atoms with Gasteiger partial charge in [-0.2, -0.15) is 4.37 Å². The molecule has 3 amide bonds. The summed E-state index contributed by atoms with van der Waals surface area (Å²) in [5.41, 5.74) is 1.79. The SMILES string of the molecule is C#CCN1C(=O)COc2cc(F)c(/N=c3\snc4n3CC(C)(C)C4)cc21.CCOC(=O)Nc1cccc(OC(=O)Nc2ccccc2)c1. The Labute approximate surface area is 280 Å². The summed E-state index contributed by atoms with van der Waals surface area (Å²) in [6.07, 6.45) is 5.04. The van der Waals surface area contributed by atoms with Crippen LogP contribution in [0.3, 0.4) is 0 Å². The first-order chi connectivity index (χ1) is 23.0. The van der Waals surface area contributed by atoms with Gasteiger partial charge in [0, 0.05) is 48.0 Å². The quantitative estimate of drug-likeness (QED) is 0.236. The highest BCUT2D eigenvalue weighted by molar-refractivity contribution is 7.02. The van der Waals surface area contributed by atoms with Gasteiger partial charge in [0.25, 0.3) is 5.91 Å². The van der Waals surface area contributed by atoms with Crippen LogP contribution in [0.1, 0.15) is 26.6 Å². The van der Waals surface area contributed by atoms with Gasteiger partial charge < -0.3 is 18.8 Å². The maximum Gasteiger partial charge on any atom is 0.417 e. The number of terminal acetylenes is 1. The fourth-order valence-corrected chi connectivity index (χ4v) is 5.70. The van der Waals surface area contributed by atoms with Crippen molar-refractivity contribution in [3.8, 4) is 23.8 Å². The molecule has 3 heterocycles. The van der Waals surface area contributed by atoms with Gasteiger partial charge in [0.2, 0.25) is 4.80 Å². The molecule has 0 saturated heterocycles. The number of halogens is 1. The highest BCUT2D eigenvalue weighted by atomic mass is 32.1. The number of amides is 3. The maximum absolute atomic E-state index is 14.5. The molecular weight excluding hydrogens is 639 g/mol. The normalized spacial score (nSPS) is 14.4. The Kier molecular flexibility index (Phi) is 10.4. The molecule has 0 saturated carbocycles. The molecule has 6 rings (SSSR count). The van der Waals surface area contributed by atoms with Crippen molar-refractivity contribution in [1.29, 1.82) is 0 Å². The van der Waals surface area contributed by atoms with Gasteiger partial charge in [-0.1, -0.05) is 44.0 Å². The molecule has 0 atom stereocenters. The summed E-state index contributed by atoms with van der Waals surface area (Å²) in [6.45, 7) is 7.05. The van der Waals surface area contributed by atoms with E-state index in [0.29, 0.717) is 33.4 Å². The van der Waals surface area contributed by atoms with Crippen molar-refractivity contribution >= 4 is 52.4 Å². The Morgan fingerprint density at radius 3 is 2.60 bits per heavy atom. The van der Waals surface area contributed by atoms with Crippen molar-refractivity contribution in [2.45, 2.75) is 33.7 Å². The molecule has 14 heteroatoms. The van der Waals surface area contributed by atoms with Gasteiger partial charge in [-0.3, -0.25) is 20.3 Å². The van der Waals surface area contributed by atoms with Gasteiger partial charge in [-0.05, 0) is 42.7 Å². The number of nitrogens with one attached hydrogen (secondary N) is 2. The number of aromatic nitrogens is 2. The van der Waals surface area contributed by atoms with E-state index in [-0.39, 0.29) is 36.8 Å². The second-order valence-corrected chi connectivity index (χ2v) is 12.1. The van der Waals surface area contributed by atoms with Crippen molar-refractivity contribution in [3.63, 3.8) is 0 Å². The van der Waals surface area contributed by atoms with Crippen molar-refractivity contribution in [2.24, 2.45) is 10.4 Å². The van der Waals surface area contributed by atoms with E-state index < -0.39 is 18.0 Å². The average molecular weight is 673 g/mol. The minimum absolute atomic E-state index is 0.0964. The van der Waals surface area contributed by atoms with E-state index in [0.717, 1.165) is 18.8 Å². The summed E-state index contributed by atoms with van der Waals surface area (Å²) < 4.78 is 36.3. The molecule has 48 heavy (non-hydrogen) atoms. The Morgan fingerprint density at radius 2 is 1.85 bits per heavy atom. The number of hydrogen-bond acceptors (Lipinski definition) is 9. The monoisotopic (exact) mass is 672 g/mol. The first kappa shape index (κ1) is 33.7. The number of carbonyl (C=O) groups is 3. The van der Waals surface area contributed by atoms with Crippen LogP contribution in [0.4, 0.5) is 36.7 Å². The summed E-state index contributed by atoms with van der Waals surface area (Å²) in [6, 6.07) is 18.2. The molecule has 3 aromatic carbocycles. The second-order valence-electron chi connectivity index (χ2n) is 11.4. The highest BCUT2D eigenvalue weighted by Crippen LogP contribution is 2.37. The van der Waals surface area contributed by atoms with E-state index in [2.05, 4.69) is 39.8 Å². The van der Waals surface area contributed by atoms with Gasteiger partial charge >= 0.3 is 12.2 Å². The number of para-hydroxylation sites is 1. The number of nitrogens with zero attached hydrogens (tertiary/aromatic N) is 4. The van der Waals surface area contributed by atoms with Crippen LogP contribution in [0, 0.1) is 23.6 Å². The van der Waals surface area contributed by atoms with Gasteiger partial charge in [0.05, 0.1) is 18.8 Å². The molecule has 0 unspecified atom stereocenters. The number of rotatable bonds is 6. The van der Waals surface area contributed by atoms with Crippen LogP contribution in [0.15, 0.2) is 71.7 Å². The summed E-state index contributed by atoms with van der Waals surface area (Å²) in [5, 5.41) is 5.13. The Balaban J connectivity index is 0.000000191. The third-order valence-electron chi connectivity index (χ3n) is 7.02. The van der Waals surface area contributed by atoms with Gasteiger partial charge in [0.1, 0.15) is 23.0 Å². The summed E-state index contributed by atoms with van der Waals surface area (Å²) in [7, 11) is 0. The Hall–Kier alpha value is -5.68. The Bertz CT molecular complexity index is 1930. The van der Waals surface area contributed by atoms with Gasteiger partial charge in [-0.25, -0.2) is 19.0 Å². The average Bonchev–Trinajstić information content (AvgIpc) is 3.55. The molecule has 0 aliphatic carbocycles. The maximum atomic E-state index is 14.5. The molecule has 2 aliphatic heterocycles. The van der Waals surface area contributed by atoms with E-state index in [1.165, 1.54) is 34.6 Å². The van der Waals surface area contributed by atoms with E-state index >= 15 is 0 Å². The van der Waals surface area contributed by atoms with Crippen LogP contribution in [0.5, 0.6) is 11.5 Å². The number of anilines is 3. The van der Waals surface area contributed by atoms with Crippen molar-refractivity contribution in [3.05, 3.63) is 83.2 Å². The second kappa shape index (κ2) is 14.8. The van der Waals surface area contributed by atoms with E-state index in [1.54, 1.807) is 49.4 Å². The molecule has 1 aromatic heterocycles. The van der Waals surface area contributed by atoms with Gasteiger partial charge in [0.15, 0.2) is 12.4 Å². The standard InChI is InChI=1S/C18H17FN4O2S.C16H16N2O4/c1-4-5-22-13-7-12(11(19)6-14(13)25-9-16(22)24)20-17-23-10-18(2,3)8-15(23)21-26-17;1-2-21-15(19)18-13-9-6-10-14(11-13)22-16(20)17-12-7-4-3-5-8-12/h1,6-7H,5,8-10H2,2-3H3;3-11H,2H2,1H3,(H,17,20)(H,18,19)/b20-17-;. The molecule has 0 bridgehead atoms. The van der Waals surface area contributed by atoms with Crippen LogP contribution in [-0.4, -0.2) is 46.8 Å². The van der Waals surface area contributed by atoms with Crippen molar-refractivity contribution in [1.82, 2.24) is 8.94 Å². The zero-order valence-electron chi connectivity index (χ0n) is 26.5. The van der Waals surface area contributed by atoms with Crippen LogP contribution in [-0.2, 0) is 22.5 Å². The molecule has 0 radical (unpaired) electrons. The first-order valence-electron chi connectivity index (χ1n) is 14.9. The van der Waals surface area contributed by atoms with Crippen molar-refractivity contribution in [2.75, 3.05) is 35.3 Å². The minimum Gasteiger partial charge on any atom is -0.481 e. The van der Waals surface area contributed by atoms with E-state index in [4.69, 9.17) is 20.6 Å². The molecule has 2 aliphatic rings. The predicted molar refractivity (Wildman–Crippen MR) is 179 cm³/mol. The lowest BCUT2D eigenvalue weighted by Gasteiger charge is -2.28. The topological polar surface area (TPSA) is 136 Å². The molecule has 4 aromatic rings. The number of carbonyl (C=O) groups excluding carboxylic acids is 3. The Morgan fingerprint density at radius 1 is 1.10 bits per heavy atom. The van der Waals surface area contributed by atoms with Crippen LogP contribution < -0.4 is 29.8 Å². The first-order valence-corrected chi connectivity index (χ1v) is 15.7. The number of ether oxygens (including phenoxy) is 3. The van der Waals surface area contributed by atoms with Crippen LogP contribution in [0.2, 0.25) is 0 Å². The third-order valence-corrected chi connectivity index (χ3v) is 7.80. The lowest BCUT2D eigenvalue weighted by Crippen LogP contribution is -2.39. The molecule has 2 N–H and O–H groups in total. The van der Waals surface area contributed by atoms with Crippen LogP contribution in [0.25, 0.3) is 0 Å². The highest BCUT2D eigenvalue weighted by Gasteiger charge is 2.31. The zero-order valence-corrected chi connectivity index (χ0v) is 27.3. The third kappa shape index (κ3) is 8.37. The minimum atomic E-state index is -0.612. The summed E-state index contributed by atoms with van der Waals surface area (Å²) >= 11 is 1.24. The number of fused-ring (bicyclic) bond motifs is 2. The summed E-state index contributed by atoms with van der Waals surface area (Å²) in [4.78, 5) is 41.7. The molecule has 12 nitrogen and oxygen atoms in total. The molecule has 0 spiro atoms. The van der Waals surface area contributed by atoms with Gasteiger partial charge in [-0.15, -0.1) is 6.42 Å². The fraction of sp³-hybridized carbons (Fsp3) is 0.265. The fourth-order valence-electron chi connectivity index (χ4n) is 4.94. The van der Waals surface area contributed by atoms with Crippen LogP contribution >= 0.6 is 11.5 Å². The largest absolute Gasteiger partial charge is 0.481 e. The van der Waals surface area contributed by atoms with E-state index in [9.17, 15) is 18.8 Å². The molecule has 0 fully saturated rings. The number of hydrogen-bond donors (Lipinski definition) is 2. The predicted octanol–water partition coefficient (Wildman–Crippen LogP) is 6.12. The van der Waals surface area contributed by atoms with E-state index in [1.807, 2.05) is 10.6 Å². The molecule has 248 valence electrons. The zero-order chi connectivity index (χ0) is 34.3. The summed E-state index contributed by atoms with van der Waals surface area (Å²) in [5.74, 6) is 3.23. The number of benzene rings is 3. The van der Waals surface area contributed by atoms with Crippen molar-refractivity contribution < 1.29 is 33.0 Å². The lowest BCUT2D eigenvalue weighted by molar-refractivity contribution is -0.121.